The van der Waals surface area contributed by atoms with Crippen LogP contribution in [0.4, 0.5) is 0 Å². The molecule has 0 aromatic heterocycles. The van der Waals surface area contributed by atoms with Gasteiger partial charge in [-0.25, -0.2) is 0 Å². The summed E-state index contributed by atoms with van der Waals surface area (Å²) in [4.78, 5) is 2.63. The van der Waals surface area contributed by atoms with Gasteiger partial charge in [-0.05, 0) is 62.6 Å². The fourth-order valence-corrected chi connectivity index (χ4v) is 4.06. The minimum Gasteiger partial charge on any atom is -0.396 e. The zero-order valence-electron chi connectivity index (χ0n) is 13.0. The number of hydrogen-bond acceptors (Lipinski definition) is 3. The number of hydrogen-bond donors (Lipinski definition) is 2. The molecule has 1 aliphatic heterocycles. The molecule has 2 unspecified atom stereocenters. The summed E-state index contributed by atoms with van der Waals surface area (Å²) in [7, 11) is 0. The second kappa shape index (κ2) is 6.55. The monoisotopic (exact) mass is 268 g/mol. The number of rotatable bonds is 5. The predicted molar refractivity (Wildman–Crippen MR) is 80.2 cm³/mol. The van der Waals surface area contributed by atoms with E-state index in [2.05, 4.69) is 31.0 Å². The van der Waals surface area contributed by atoms with Crippen LogP contribution in [0.3, 0.4) is 0 Å². The molecule has 0 aromatic rings. The molecule has 0 radical (unpaired) electrons. The lowest BCUT2D eigenvalue weighted by Gasteiger charge is -2.37. The lowest BCUT2D eigenvalue weighted by Crippen LogP contribution is -2.47. The Morgan fingerprint density at radius 1 is 1.21 bits per heavy atom. The molecule has 2 N–H and O–H groups in total. The summed E-state index contributed by atoms with van der Waals surface area (Å²) in [5.41, 5.74) is 0.449. The van der Waals surface area contributed by atoms with E-state index in [1.165, 1.54) is 45.3 Å². The normalized spacial score (nSPS) is 32.8. The molecule has 0 amide bonds. The van der Waals surface area contributed by atoms with Gasteiger partial charge in [0.05, 0.1) is 0 Å². The molecule has 1 aliphatic carbocycles. The van der Waals surface area contributed by atoms with Crippen molar-refractivity contribution in [3.63, 3.8) is 0 Å². The number of piperidine rings is 1. The molecule has 3 heteroatoms. The second-order valence-electron chi connectivity index (χ2n) is 7.25. The highest BCUT2D eigenvalue weighted by Gasteiger charge is 2.41. The number of nitrogens with one attached hydrogen (secondary N) is 1. The van der Waals surface area contributed by atoms with Crippen LogP contribution in [0.5, 0.6) is 0 Å². The molecule has 1 saturated heterocycles. The third-order valence-electron chi connectivity index (χ3n) is 5.35. The Bertz CT molecular complexity index is 272. The molecule has 1 heterocycles. The van der Waals surface area contributed by atoms with E-state index in [4.69, 9.17) is 0 Å². The lowest BCUT2D eigenvalue weighted by molar-refractivity contribution is 0.110. The summed E-state index contributed by atoms with van der Waals surface area (Å²) in [5, 5.41) is 12.9. The lowest BCUT2D eigenvalue weighted by atomic mass is 9.84. The van der Waals surface area contributed by atoms with Crippen molar-refractivity contribution >= 4 is 0 Å². The fourth-order valence-electron chi connectivity index (χ4n) is 4.06. The molecule has 3 nitrogen and oxygen atoms in total. The van der Waals surface area contributed by atoms with Gasteiger partial charge in [0.15, 0.2) is 0 Å². The molecule has 2 atom stereocenters. The van der Waals surface area contributed by atoms with Gasteiger partial charge in [-0.2, -0.15) is 0 Å². The minimum absolute atomic E-state index is 0.379. The van der Waals surface area contributed by atoms with Crippen LogP contribution in [-0.2, 0) is 0 Å². The van der Waals surface area contributed by atoms with E-state index < -0.39 is 0 Å². The van der Waals surface area contributed by atoms with Crippen LogP contribution in [0.1, 0.15) is 46.5 Å². The van der Waals surface area contributed by atoms with Crippen molar-refractivity contribution in [2.45, 2.75) is 52.5 Å². The zero-order chi connectivity index (χ0) is 13.9. The van der Waals surface area contributed by atoms with Crippen molar-refractivity contribution in [2.24, 2.45) is 17.3 Å². The van der Waals surface area contributed by atoms with Crippen LogP contribution >= 0.6 is 0 Å². The largest absolute Gasteiger partial charge is 0.396 e. The predicted octanol–water partition coefficient (Wildman–Crippen LogP) is 2.10. The molecule has 2 aliphatic rings. The summed E-state index contributed by atoms with van der Waals surface area (Å²) < 4.78 is 0. The van der Waals surface area contributed by atoms with Gasteiger partial charge in [-0.15, -0.1) is 0 Å². The molecular weight excluding hydrogens is 236 g/mol. The fraction of sp³-hybridized carbons (Fsp3) is 1.00. The van der Waals surface area contributed by atoms with E-state index in [1.54, 1.807) is 0 Å². The van der Waals surface area contributed by atoms with E-state index >= 15 is 0 Å². The molecule has 0 aromatic carbocycles. The van der Waals surface area contributed by atoms with Gasteiger partial charge in [0.2, 0.25) is 0 Å². The maximum atomic E-state index is 9.21. The minimum atomic E-state index is 0.379. The number of likely N-dealkylation sites (tertiary alicyclic amines) is 1. The second-order valence-corrected chi connectivity index (χ2v) is 7.25. The number of aliphatic hydroxyl groups excluding tert-OH is 1. The summed E-state index contributed by atoms with van der Waals surface area (Å²) in [5.74, 6) is 1.36. The average Bonchev–Trinajstić information content (AvgIpc) is 2.68. The van der Waals surface area contributed by atoms with Gasteiger partial charge in [0.1, 0.15) is 0 Å². The van der Waals surface area contributed by atoms with Gasteiger partial charge in [-0.3, -0.25) is 0 Å². The number of aliphatic hydroxyl groups is 1. The zero-order valence-corrected chi connectivity index (χ0v) is 13.0. The molecule has 2 rings (SSSR count). The van der Waals surface area contributed by atoms with Crippen molar-refractivity contribution in [1.82, 2.24) is 10.2 Å². The Morgan fingerprint density at radius 2 is 1.89 bits per heavy atom. The molecule has 2 fully saturated rings. The van der Waals surface area contributed by atoms with E-state index in [0.717, 1.165) is 12.5 Å². The molecule has 0 spiro atoms. The molecule has 19 heavy (non-hydrogen) atoms. The van der Waals surface area contributed by atoms with E-state index in [9.17, 15) is 5.11 Å². The van der Waals surface area contributed by atoms with Gasteiger partial charge in [0.25, 0.3) is 0 Å². The van der Waals surface area contributed by atoms with Crippen LogP contribution in [0.25, 0.3) is 0 Å². The van der Waals surface area contributed by atoms with Gasteiger partial charge in [0, 0.05) is 19.2 Å². The summed E-state index contributed by atoms with van der Waals surface area (Å²) in [6, 6.07) is 0.674. The highest BCUT2D eigenvalue weighted by atomic mass is 16.3. The maximum Gasteiger partial charge on any atom is 0.0460 e. The summed E-state index contributed by atoms with van der Waals surface area (Å²) in [6.07, 6.45) is 5.07. The average molecular weight is 268 g/mol. The Kier molecular flexibility index (Phi) is 5.27. The standard InChI is InChI=1S/C16H32N2O/c1-4-17-15-14(5-8-16(15,2)3)11-18-9-6-13(12-19)7-10-18/h13-15,17,19H,4-12H2,1-3H3. The van der Waals surface area contributed by atoms with Crippen molar-refractivity contribution in [2.75, 3.05) is 32.8 Å². The quantitative estimate of drug-likeness (QED) is 0.801. The first kappa shape index (κ1) is 15.3. The molecular formula is C16H32N2O. The highest BCUT2D eigenvalue weighted by Crippen LogP contribution is 2.41. The van der Waals surface area contributed by atoms with E-state index in [1.807, 2.05) is 0 Å². The highest BCUT2D eigenvalue weighted by molar-refractivity contribution is 4.97. The topological polar surface area (TPSA) is 35.5 Å². The third-order valence-corrected chi connectivity index (χ3v) is 5.35. The van der Waals surface area contributed by atoms with Crippen LogP contribution in [-0.4, -0.2) is 48.8 Å². The molecule has 112 valence electrons. The van der Waals surface area contributed by atoms with Crippen LogP contribution in [0.15, 0.2) is 0 Å². The first-order valence-corrected chi connectivity index (χ1v) is 8.13. The maximum absolute atomic E-state index is 9.21. The van der Waals surface area contributed by atoms with Crippen LogP contribution in [0.2, 0.25) is 0 Å². The van der Waals surface area contributed by atoms with Gasteiger partial charge in [-0.1, -0.05) is 20.8 Å². The van der Waals surface area contributed by atoms with Crippen LogP contribution < -0.4 is 5.32 Å². The first-order valence-electron chi connectivity index (χ1n) is 8.13. The Hall–Kier alpha value is -0.120. The van der Waals surface area contributed by atoms with Gasteiger partial charge >= 0.3 is 0 Å². The smallest absolute Gasteiger partial charge is 0.0460 e. The molecule has 0 bridgehead atoms. The van der Waals surface area contributed by atoms with E-state index in [-0.39, 0.29) is 0 Å². The van der Waals surface area contributed by atoms with Crippen molar-refractivity contribution in [3.8, 4) is 0 Å². The van der Waals surface area contributed by atoms with Crippen molar-refractivity contribution < 1.29 is 5.11 Å². The van der Waals surface area contributed by atoms with Crippen LogP contribution in [0, 0.1) is 17.3 Å². The molecule has 1 saturated carbocycles. The SMILES string of the molecule is CCNC1C(CN2CCC(CO)CC2)CCC1(C)C. The Balaban J connectivity index is 1.85. The Labute approximate surface area is 118 Å². The first-order chi connectivity index (χ1) is 9.06. The number of nitrogens with zero attached hydrogens (tertiary/aromatic N) is 1. The van der Waals surface area contributed by atoms with Crippen molar-refractivity contribution in [1.29, 1.82) is 0 Å². The Morgan fingerprint density at radius 3 is 2.47 bits per heavy atom. The summed E-state index contributed by atoms with van der Waals surface area (Å²) in [6.45, 7) is 12.1. The summed E-state index contributed by atoms with van der Waals surface area (Å²) >= 11 is 0. The van der Waals surface area contributed by atoms with Gasteiger partial charge < -0.3 is 15.3 Å². The third kappa shape index (κ3) is 3.71. The van der Waals surface area contributed by atoms with E-state index in [0.29, 0.717) is 24.0 Å². The van der Waals surface area contributed by atoms with Crippen molar-refractivity contribution in [3.05, 3.63) is 0 Å².